The van der Waals surface area contributed by atoms with Crippen LogP contribution in [0.2, 0.25) is 0 Å². The second-order valence-corrected chi connectivity index (χ2v) is 8.64. The highest BCUT2D eigenvalue weighted by Crippen LogP contribution is 2.31. The van der Waals surface area contributed by atoms with Crippen LogP contribution in [-0.2, 0) is 18.0 Å². The van der Waals surface area contributed by atoms with Crippen molar-refractivity contribution >= 4 is 53.4 Å². The number of rotatable bonds is 6. The molecule has 148 valence electrons. The van der Waals surface area contributed by atoms with Gasteiger partial charge < -0.3 is 14.2 Å². The fourth-order valence-electron chi connectivity index (χ4n) is 3.47. The SMILES string of the molecule is COc1cc2ccc(Br)cc2cc1COCc1cc2cc(Br)ccc2cc1OC. The van der Waals surface area contributed by atoms with E-state index in [4.69, 9.17) is 14.2 Å². The zero-order valence-corrected chi connectivity index (χ0v) is 19.3. The quantitative estimate of drug-likeness (QED) is 0.270. The summed E-state index contributed by atoms with van der Waals surface area (Å²) in [6.45, 7) is 0.899. The molecule has 0 fully saturated rings. The third-order valence-corrected chi connectivity index (χ3v) is 5.90. The standard InChI is InChI=1S/C24H20Br2O3/c1-27-23-11-15-3-5-21(25)9-17(15)7-19(23)13-29-14-20-8-18-10-22(26)6-4-16(18)12-24(20)28-2/h3-12H,13-14H2,1-2H3. The Morgan fingerprint density at radius 1 is 0.586 bits per heavy atom. The summed E-state index contributed by atoms with van der Waals surface area (Å²) in [5, 5.41) is 4.56. The normalized spacial score (nSPS) is 11.2. The first kappa shape index (κ1) is 20.2. The Morgan fingerprint density at radius 3 is 1.45 bits per heavy atom. The predicted octanol–water partition coefficient (Wildman–Crippen LogP) is 7.25. The lowest BCUT2D eigenvalue weighted by Gasteiger charge is -2.14. The van der Waals surface area contributed by atoms with Gasteiger partial charge >= 0.3 is 0 Å². The first-order valence-corrected chi connectivity index (χ1v) is 10.8. The molecule has 0 aliphatic rings. The largest absolute Gasteiger partial charge is 0.496 e. The van der Waals surface area contributed by atoms with Crippen LogP contribution in [0.25, 0.3) is 21.5 Å². The molecular formula is C24H20Br2O3. The minimum Gasteiger partial charge on any atom is -0.496 e. The van der Waals surface area contributed by atoms with Crippen molar-refractivity contribution in [3.8, 4) is 11.5 Å². The van der Waals surface area contributed by atoms with Gasteiger partial charge in [0.25, 0.3) is 0 Å². The molecule has 29 heavy (non-hydrogen) atoms. The molecule has 0 aliphatic heterocycles. The Hall–Kier alpha value is -2.08. The number of methoxy groups -OCH3 is 2. The van der Waals surface area contributed by atoms with Gasteiger partial charge in [-0.15, -0.1) is 0 Å². The molecule has 0 N–H and O–H groups in total. The van der Waals surface area contributed by atoms with E-state index in [1.165, 1.54) is 0 Å². The first-order valence-electron chi connectivity index (χ1n) is 9.17. The van der Waals surface area contributed by atoms with Crippen LogP contribution >= 0.6 is 31.9 Å². The maximum atomic E-state index is 6.07. The minimum absolute atomic E-state index is 0.450. The first-order chi connectivity index (χ1) is 14.1. The van der Waals surface area contributed by atoms with Gasteiger partial charge in [-0.1, -0.05) is 44.0 Å². The minimum atomic E-state index is 0.450. The van der Waals surface area contributed by atoms with Gasteiger partial charge in [0.1, 0.15) is 11.5 Å². The molecule has 0 unspecified atom stereocenters. The van der Waals surface area contributed by atoms with E-state index in [1.807, 2.05) is 12.1 Å². The van der Waals surface area contributed by atoms with E-state index in [0.29, 0.717) is 13.2 Å². The van der Waals surface area contributed by atoms with Crippen LogP contribution in [0.1, 0.15) is 11.1 Å². The molecule has 0 saturated carbocycles. The molecule has 0 aromatic heterocycles. The second kappa shape index (κ2) is 8.74. The second-order valence-electron chi connectivity index (χ2n) is 6.80. The molecule has 4 aromatic carbocycles. The van der Waals surface area contributed by atoms with Gasteiger partial charge in [-0.2, -0.15) is 0 Å². The van der Waals surface area contributed by atoms with Crippen molar-refractivity contribution in [3.05, 3.63) is 80.7 Å². The topological polar surface area (TPSA) is 27.7 Å². The van der Waals surface area contributed by atoms with Gasteiger partial charge in [-0.3, -0.25) is 0 Å². The zero-order valence-electron chi connectivity index (χ0n) is 16.2. The van der Waals surface area contributed by atoms with Gasteiger partial charge in [0.2, 0.25) is 0 Å². The molecule has 4 rings (SSSR count). The summed E-state index contributed by atoms with van der Waals surface area (Å²) >= 11 is 7.07. The van der Waals surface area contributed by atoms with Crippen LogP contribution in [0, 0.1) is 0 Å². The molecule has 0 spiro atoms. The van der Waals surface area contributed by atoms with Crippen LogP contribution in [0.4, 0.5) is 0 Å². The molecule has 0 atom stereocenters. The van der Waals surface area contributed by atoms with Gasteiger partial charge in [-0.25, -0.2) is 0 Å². The lowest BCUT2D eigenvalue weighted by atomic mass is 10.1. The van der Waals surface area contributed by atoms with E-state index in [1.54, 1.807) is 14.2 Å². The molecule has 5 heteroatoms. The zero-order chi connectivity index (χ0) is 20.4. The van der Waals surface area contributed by atoms with E-state index in [0.717, 1.165) is 53.1 Å². The summed E-state index contributed by atoms with van der Waals surface area (Å²) in [4.78, 5) is 0. The monoisotopic (exact) mass is 514 g/mol. The van der Waals surface area contributed by atoms with E-state index >= 15 is 0 Å². The lowest BCUT2D eigenvalue weighted by Crippen LogP contribution is -2.00. The summed E-state index contributed by atoms with van der Waals surface area (Å²) < 4.78 is 19.3. The highest BCUT2D eigenvalue weighted by Gasteiger charge is 2.10. The van der Waals surface area contributed by atoms with Crippen LogP contribution in [0.3, 0.4) is 0 Å². The third-order valence-electron chi connectivity index (χ3n) is 4.92. The summed E-state index contributed by atoms with van der Waals surface area (Å²) in [6.07, 6.45) is 0. The molecule has 0 radical (unpaired) electrons. The molecule has 3 nitrogen and oxygen atoms in total. The predicted molar refractivity (Wildman–Crippen MR) is 125 cm³/mol. The Labute approximate surface area is 186 Å². The van der Waals surface area contributed by atoms with Crippen LogP contribution < -0.4 is 9.47 Å². The number of benzene rings is 4. The highest BCUT2D eigenvalue weighted by molar-refractivity contribution is 9.10. The van der Waals surface area contributed by atoms with Gasteiger partial charge in [0, 0.05) is 20.1 Å². The summed E-state index contributed by atoms with van der Waals surface area (Å²) in [6, 6.07) is 20.7. The average Bonchev–Trinajstić information content (AvgIpc) is 2.72. The molecule has 0 bridgehead atoms. The van der Waals surface area contributed by atoms with Gasteiger partial charge in [0.15, 0.2) is 0 Å². The van der Waals surface area contributed by atoms with Gasteiger partial charge in [-0.05, 0) is 70.1 Å². The smallest absolute Gasteiger partial charge is 0.125 e. The highest BCUT2D eigenvalue weighted by atomic mass is 79.9. The number of fused-ring (bicyclic) bond motifs is 2. The Morgan fingerprint density at radius 2 is 1.03 bits per heavy atom. The Balaban J connectivity index is 1.58. The Kier molecular flexibility index (Phi) is 6.09. The van der Waals surface area contributed by atoms with Crippen molar-refractivity contribution in [2.45, 2.75) is 13.2 Å². The van der Waals surface area contributed by atoms with Crippen molar-refractivity contribution in [1.82, 2.24) is 0 Å². The van der Waals surface area contributed by atoms with Crippen molar-refractivity contribution in [2.24, 2.45) is 0 Å². The molecule has 4 aromatic rings. The summed E-state index contributed by atoms with van der Waals surface area (Å²) in [5.41, 5.74) is 2.03. The Bertz CT molecular complexity index is 1090. The van der Waals surface area contributed by atoms with Crippen LogP contribution in [0.15, 0.2) is 69.6 Å². The fourth-order valence-corrected chi connectivity index (χ4v) is 4.22. The molecule has 0 saturated heterocycles. The van der Waals surface area contributed by atoms with E-state index in [2.05, 4.69) is 80.4 Å². The number of ether oxygens (including phenoxy) is 3. The molecule has 0 aliphatic carbocycles. The van der Waals surface area contributed by atoms with E-state index in [-0.39, 0.29) is 0 Å². The van der Waals surface area contributed by atoms with Crippen molar-refractivity contribution in [1.29, 1.82) is 0 Å². The third kappa shape index (κ3) is 4.42. The van der Waals surface area contributed by atoms with Crippen molar-refractivity contribution in [3.63, 3.8) is 0 Å². The molecule has 0 heterocycles. The van der Waals surface area contributed by atoms with Gasteiger partial charge in [0.05, 0.1) is 27.4 Å². The van der Waals surface area contributed by atoms with Crippen molar-refractivity contribution < 1.29 is 14.2 Å². The number of hydrogen-bond acceptors (Lipinski definition) is 3. The lowest BCUT2D eigenvalue weighted by molar-refractivity contribution is 0.104. The summed E-state index contributed by atoms with van der Waals surface area (Å²) in [7, 11) is 3.38. The number of hydrogen-bond donors (Lipinski definition) is 0. The molecule has 0 amide bonds. The van der Waals surface area contributed by atoms with Crippen LogP contribution in [0.5, 0.6) is 11.5 Å². The van der Waals surface area contributed by atoms with E-state index < -0.39 is 0 Å². The molecular weight excluding hydrogens is 496 g/mol. The maximum Gasteiger partial charge on any atom is 0.125 e. The van der Waals surface area contributed by atoms with Crippen molar-refractivity contribution in [2.75, 3.05) is 14.2 Å². The van der Waals surface area contributed by atoms with E-state index in [9.17, 15) is 0 Å². The van der Waals surface area contributed by atoms with Crippen LogP contribution in [-0.4, -0.2) is 14.2 Å². The fraction of sp³-hybridized carbons (Fsp3) is 0.167. The number of halogens is 2. The maximum absolute atomic E-state index is 6.07. The summed E-state index contributed by atoms with van der Waals surface area (Å²) in [5.74, 6) is 1.66. The average molecular weight is 516 g/mol.